The molecule has 0 spiro atoms. The number of carbonyl (C=O) groups is 1. The quantitative estimate of drug-likeness (QED) is 0.917. The standard InChI is InChI=1S/C13H15BrO2/c14-12-7-9(8-13(15)16)5-6-11(12)10-3-1-2-4-10/h5-7,10H,1-4,8H2,(H,15,16). The summed E-state index contributed by atoms with van der Waals surface area (Å²) in [6.07, 6.45) is 5.25. The minimum absolute atomic E-state index is 0.101. The first-order valence-corrected chi connectivity index (χ1v) is 6.46. The second kappa shape index (κ2) is 5.00. The van der Waals surface area contributed by atoms with Gasteiger partial charge in [0.2, 0.25) is 0 Å². The summed E-state index contributed by atoms with van der Waals surface area (Å²) in [5.74, 6) is -0.117. The van der Waals surface area contributed by atoms with Gasteiger partial charge in [-0.1, -0.05) is 40.9 Å². The van der Waals surface area contributed by atoms with Crippen LogP contribution in [0.15, 0.2) is 22.7 Å². The molecule has 1 aliphatic carbocycles. The fourth-order valence-electron chi connectivity index (χ4n) is 2.42. The van der Waals surface area contributed by atoms with E-state index >= 15 is 0 Å². The Hall–Kier alpha value is -0.830. The van der Waals surface area contributed by atoms with Crippen LogP contribution in [-0.2, 0) is 11.2 Å². The van der Waals surface area contributed by atoms with E-state index in [2.05, 4.69) is 22.0 Å². The van der Waals surface area contributed by atoms with Crippen LogP contribution in [0, 0.1) is 0 Å². The van der Waals surface area contributed by atoms with Gasteiger partial charge in [0.05, 0.1) is 6.42 Å². The van der Waals surface area contributed by atoms with Crippen molar-refractivity contribution in [1.29, 1.82) is 0 Å². The van der Waals surface area contributed by atoms with Crippen molar-refractivity contribution >= 4 is 21.9 Å². The average molecular weight is 283 g/mol. The Morgan fingerprint density at radius 3 is 2.62 bits per heavy atom. The van der Waals surface area contributed by atoms with Gasteiger partial charge < -0.3 is 5.11 Å². The van der Waals surface area contributed by atoms with Crippen molar-refractivity contribution in [1.82, 2.24) is 0 Å². The lowest BCUT2D eigenvalue weighted by Crippen LogP contribution is -2.01. The molecular formula is C13H15BrO2. The summed E-state index contributed by atoms with van der Waals surface area (Å²) in [5, 5.41) is 8.72. The van der Waals surface area contributed by atoms with Gasteiger partial charge >= 0.3 is 5.97 Å². The highest BCUT2D eigenvalue weighted by Crippen LogP contribution is 2.37. The number of aliphatic carboxylic acids is 1. The third kappa shape index (κ3) is 2.64. The maximum atomic E-state index is 10.6. The number of carboxylic acid groups (broad SMARTS) is 1. The Morgan fingerprint density at radius 2 is 2.06 bits per heavy atom. The van der Waals surface area contributed by atoms with E-state index in [1.165, 1.54) is 31.2 Å². The van der Waals surface area contributed by atoms with Gasteiger partial charge in [-0.05, 0) is 36.0 Å². The topological polar surface area (TPSA) is 37.3 Å². The number of benzene rings is 1. The predicted octanol–water partition coefficient (Wildman–Crippen LogP) is 3.73. The van der Waals surface area contributed by atoms with Gasteiger partial charge in [0.1, 0.15) is 0 Å². The molecular weight excluding hydrogens is 268 g/mol. The van der Waals surface area contributed by atoms with E-state index in [1.54, 1.807) is 0 Å². The van der Waals surface area contributed by atoms with E-state index in [1.807, 2.05) is 12.1 Å². The smallest absolute Gasteiger partial charge is 0.307 e. The van der Waals surface area contributed by atoms with Gasteiger partial charge in [0, 0.05) is 4.47 Å². The van der Waals surface area contributed by atoms with Crippen molar-refractivity contribution in [2.24, 2.45) is 0 Å². The maximum absolute atomic E-state index is 10.6. The molecule has 0 aliphatic heterocycles. The third-order valence-electron chi connectivity index (χ3n) is 3.22. The lowest BCUT2D eigenvalue weighted by Gasteiger charge is -2.12. The normalized spacial score (nSPS) is 16.6. The maximum Gasteiger partial charge on any atom is 0.307 e. The lowest BCUT2D eigenvalue weighted by molar-refractivity contribution is -0.136. The van der Waals surface area contributed by atoms with E-state index in [0.29, 0.717) is 5.92 Å². The van der Waals surface area contributed by atoms with Gasteiger partial charge in [0.25, 0.3) is 0 Å². The molecule has 3 heteroatoms. The van der Waals surface area contributed by atoms with Gasteiger partial charge in [-0.3, -0.25) is 4.79 Å². The fourth-order valence-corrected chi connectivity index (χ4v) is 3.17. The lowest BCUT2D eigenvalue weighted by atomic mass is 9.96. The van der Waals surface area contributed by atoms with Crippen LogP contribution in [0.25, 0.3) is 0 Å². The highest BCUT2D eigenvalue weighted by Gasteiger charge is 2.19. The molecule has 0 saturated heterocycles. The largest absolute Gasteiger partial charge is 0.481 e. The highest BCUT2D eigenvalue weighted by atomic mass is 79.9. The van der Waals surface area contributed by atoms with Gasteiger partial charge in [-0.2, -0.15) is 0 Å². The fraction of sp³-hybridized carbons (Fsp3) is 0.462. The van der Waals surface area contributed by atoms with Crippen LogP contribution in [0.5, 0.6) is 0 Å². The monoisotopic (exact) mass is 282 g/mol. The molecule has 0 atom stereocenters. The molecule has 86 valence electrons. The molecule has 1 fully saturated rings. The molecule has 0 heterocycles. The Balaban J connectivity index is 2.18. The Kier molecular flexibility index (Phi) is 3.64. The summed E-state index contributed by atoms with van der Waals surface area (Å²) in [6, 6.07) is 5.96. The molecule has 1 N–H and O–H groups in total. The summed E-state index contributed by atoms with van der Waals surface area (Å²) in [7, 11) is 0. The van der Waals surface area contributed by atoms with E-state index in [4.69, 9.17) is 5.11 Å². The number of halogens is 1. The van der Waals surface area contributed by atoms with E-state index < -0.39 is 5.97 Å². The zero-order valence-electron chi connectivity index (χ0n) is 9.08. The van der Waals surface area contributed by atoms with Gasteiger partial charge in [0.15, 0.2) is 0 Å². The van der Waals surface area contributed by atoms with Gasteiger partial charge in [-0.15, -0.1) is 0 Å². The van der Waals surface area contributed by atoms with Crippen molar-refractivity contribution in [2.45, 2.75) is 38.0 Å². The predicted molar refractivity (Wildman–Crippen MR) is 66.7 cm³/mol. The number of hydrogen-bond donors (Lipinski definition) is 1. The Labute approximate surface area is 104 Å². The molecule has 2 rings (SSSR count). The van der Waals surface area contributed by atoms with Crippen LogP contribution >= 0.6 is 15.9 Å². The summed E-state index contributed by atoms with van der Waals surface area (Å²) >= 11 is 3.55. The third-order valence-corrected chi connectivity index (χ3v) is 3.90. The van der Waals surface area contributed by atoms with Crippen LogP contribution < -0.4 is 0 Å². The first-order valence-electron chi connectivity index (χ1n) is 5.67. The molecule has 1 aromatic rings. The summed E-state index contributed by atoms with van der Waals surface area (Å²) in [4.78, 5) is 10.6. The molecule has 1 aliphatic rings. The van der Waals surface area contributed by atoms with E-state index in [0.717, 1.165) is 10.0 Å². The van der Waals surface area contributed by atoms with E-state index in [9.17, 15) is 4.79 Å². The first-order chi connectivity index (χ1) is 7.66. The average Bonchev–Trinajstić information content (AvgIpc) is 2.69. The second-order valence-corrected chi connectivity index (χ2v) is 5.26. The minimum atomic E-state index is -0.777. The van der Waals surface area contributed by atoms with Crippen LogP contribution in [0.4, 0.5) is 0 Å². The summed E-state index contributed by atoms with van der Waals surface area (Å²) in [6.45, 7) is 0. The summed E-state index contributed by atoms with van der Waals surface area (Å²) < 4.78 is 1.07. The molecule has 0 radical (unpaired) electrons. The molecule has 0 unspecified atom stereocenters. The van der Waals surface area contributed by atoms with Gasteiger partial charge in [-0.25, -0.2) is 0 Å². The van der Waals surface area contributed by atoms with Crippen LogP contribution in [0.2, 0.25) is 0 Å². The highest BCUT2D eigenvalue weighted by molar-refractivity contribution is 9.10. The minimum Gasteiger partial charge on any atom is -0.481 e. The number of hydrogen-bond acceptors (Lipinski definition) is 1. The van der Waals surface area contributed by atoms with Crippen molar-refractivity contribution in [3.63, 3.8) is 0 Å². The molecule has 1 aromatic carbocycles. The zero-order chi connectivity index (χ0) is 11.5. The Bertz CT molecular complexity index is 395. The number of rotatable bonds is 3. The molecule has 0 amide bonds. The molecule has 2 nitrogen and oxygen atoms in total. The van der Waals surface area contributed by atoms with Crippen LogP contribution in [-0.4, -0.2) is 11.1 Å². The molecule has 1 saturated carbocycles. The molecule has 0 bridgehead atoms. The SMILES string of the molecule is O=C(O)Cc1ccc(C2CCCC2)c(Br)c1. The number of carboxylic acids is 1. The van der Waals surface area contributed by atoms with E-state index in [-0.39, 0.29) is 6.42 Å². The van der Waals surface area contributed by atoms with Crippen molar-refractivity contribution in [2.75, 3.05) is 0 Å². The van der Waals surface area contributed by atoms with Crippen molar-refractivity contribution < 1.29 is 9.90 Å². The summed E-state index contributed by atoms with van der Waals surface area (Å²) in [5.41, 5.74) is 2.20. The first kappa shape index (κ1) is 11.6. The van der Waals surface area contributed by atoms with Crippen molar-refractivity contribution in [3.8, 4) is 0 Å². The zero-order valence-corrected chi connectivity index (χ0v) is 10.7. The molecule has 0 aromatic heterocycles. The second-order valence-electron chi connectivity index (χ2n) is 4.41. The van der Waals surface area contributed by atoms with Crippen LogP contribution in [0.1, 0.15) is 42.7 Å². The van der Waals surface area contributed by atoms with Crippen molar-refractivity contribution in [3.05, 3.63) is 33.8 Å². The van der Waals surface area contributed by atoms with Crippen LogP contribution in [0.3, 0.4) is 0 Å². The molecule has 16 heavy (non-hydrogen) atoms. The Morgan fingerprint density at radius 1 is 1.38 bits per heavy atom.